The van der Waals surface area contributed by atoms with Gasteiger partial charge in [0.1, 0.15) is 23.0 Å². The molecule has 0 saturated heterocycles. The summed E-state index contributed by atoms with van der Waals surface area (Å²) in [6.45, 7) is -0.182. The smallest absolute Gasteiger partial charge is 0.264 e. The van der Waals surface area contributed by atoms with E-state index in [1.54, 1.807) is 49.6 Å². The minimum Gasteiger partial charge on any atom is -0.497 e. The van der Waals surface area contributed by atoms with Gasteiger partial charge in [0.15, 0.2) is 6.61 Å². The number of carbonyl (C=O) groups excluding carboxylic acids is 1. The van der Waals surface area contributed by atoms with Crippen LogP contribution < -0.4 is 14.8 Å². The number of hydrogen-bond acceptors (Lipinski definition) is 5. The van der Waals surface area contributed by atoms with E-state index < -0.39 is 5.91 Å². The molecule has 0 fully saturated rings. The number of anilines is 1. The summed E-state index contributed by atoms with van der Waals surface area (Å²) in [7, 11) is 1.57. The van der Waals surface area contributed by atoms with Crippen molar-refractivity contribution < 1.29 is 23.2 Å². The molecule has 0 atom stereocenters. The lowest BCUT2D eigenvalue weighted by Crippen LogP contribution is -2.19. The van der Waals surface area contributed by atoms with Crippen LogP contribution in [-0.4, -0.2) is 24.8 Å². The van der Waals surface area contributed by atoms with Crippen LogP contribution in [0.5, 0.6) is 11.5 Å². The molecule has 0 aliphatic rings. The van der Waals surface area contributed by atoms with E-state index in [1.165, 1.54) is 12.1 Å². The minimum atomic E-state index is -0.391. The molecule has 0 radical (unpaired) electrons. The summed E-state index contributed by atoms with van der Waals surface area (Å²) in [4.78, 5) is 11.9. The van der Waals surface area contributed by atoms with E-state index in [0.29, 0.717) is 22.8 Å². The number of rotatable bonds is 6. The zero-order chi connectivity index (χ0) is 17.6. The molecule has 0 aliphatic heterocycles. The van der Waals surface area contributed by atoms with Crippen LogP contribution in [0.4, 0.5) is 10.3 Å². The van der Waals surface area contributed by atoms with Gasteiger partial charge in [-0.15, -0.1) is 0 Å². The number of nitrogens with one attached hydrogen (secondary N) is 1. The molecule has 1 N–H and O–H groups in total. The van der Waals surface area contributed by atoms with Crippen LogP contribution in [0.1, 0.15) is 0 Å². The molecule has 3 aromatic rings. The van der Waals surface area contributed by atoms with E-state index in [4.69, 9.17) is 14.0 Å². The minimum absolute atomic E-state index is 0.182. The van der Waals surface area contributed by atoms with Gasteiger partial charge in [0.25, 0.3) is 5.91 Å². The van der Waals surface area contributed by atoms with Crippen molar-refractivity contribution >= 4 is 11.8 Å². The molecule has 1 heterocycles. The molecule has 7 heteroatoms. The van der Waals surface area contributed by atoms with Crippen LogP contribution in [0.25, 0.3) is 11.3 Å². The maximum Gasteiger partial charge on any atom is 0.264 e. The molecular formula is C18H15FN2O4. The summed E-state index contributed by atoms with van der Waals surface area (Å²) in [5, 5.41) is 6.38. The normalized spacial score (nSPS) is 10.3. The Balaban J connectivity index is 1.55. The van der Waals surface area contributed by atoms with Gasteiger partial charge in [-0.05, 0) is 48.5 Å². The number of halogens is 1. The quantitative estimate of drug-likeness (QED) is 0.742. The van der Waals surface area contributed by atoms with E-state index in [-0.39, 0.29) is 18.3 Å². The van der Waals surface area contributed by atoms with Crippen molar-refractivity contribution in [2.75, 3.05) is 19.0 Å². The second-order valence-electron chi connectivity index (χ2n) is 5.10. The van der Waals surface area contributed by atoms with Gasteiger partial charge in [-0.3, -0.25) is 10.1 Å². The first-order chi connectivity index (χ1) is 12.1. The van der Waals surface area contributed by atoms with Crippen molar-refractivity contribution in [2.24, 2.45) is 0 Å². The highest BCUT2D eigenvalue weighted by Crippen LogP contribution is 2.22. The Morgan fingerprint density at radius 1 is 1.12 bits per heavy atom. The fraction of sp³-hybridized carbons (Fsp3) is 0.111. The third-order valence-corrected chi connectivity index (χ3v) is 3.34. The SMILES string of the molecule is COc1ccc(OCC(=O)Nc2cc(-c3ccc(F)cc3)no2)cc1. The van der Waals surface area contributed by atoms with Gasteiger partial charge in [-0.2, -0.15) is 0 Å². The Labute approximate surface area is 143 Å². The summed E-state index contributed by atoms with van der Waals surface area (Å²) in [6, 6.07) is 14.2. The molecule has 0 bridgehead atoms. The summed E-state index contributed by atoms with van der Waals surface area (Å²) >= 11 is 0. The lowest BCUT2D eigenvalue weighted by molar-refractivity contribution is -0.118. The number of nitrogens with zero attached hydrogens (tertiary/aromatic N) is 1. The van der Waals surface area contributed by atoms with E-state index in [2.05, 4.69) is 10.5 Å². The zero-order valence-electron chi connectivity index (χ0n) is 13.4. The maximum absolute atomic E-state index is 12.9. The van der Waals surface area contributed by atoms with Crippen molar-refractivity contribution in [1.29, 1.82) is 0 Å². The first kappa shape index (κ1) is 16.5. The highest BCUT2D eigenvalue weighted by Gasteiger charge is 2.10. The first-order valence-corrected chi connectivity index (χ1v) is 7.43. The number of carbonyl (C=O) groups is 1. The van der Waals surface area contributed by atoms with Crippen molar-refractivity contribution in [1.82, 2.24) is 5.16 Å². The van der Waals surface area contributed by atoms with Crippen LogP contribution in [-0.2, 0) is 4.79 Å². The number of ether oxygens (including phenoxy) is 2. The number of hydrogen-bond donors (Lipinski definition) is 1. The predicted octanol–water partition coefficient (Wildman–Crippen LogP) is 3.51. The lowest BCUT2D eigenvalue weighted by atomic mass is 10.1. The molecule has 0 aliphatic carbocycles. The predicted molar refractivity (Wildman–Crippen MR) is 89.0 cm³/mol. The van der Waals surface area contributed by atoms with Crippen LogP contribution in [0, 0.1) is 5.82 Å². The number of methoxy groups -OCH3 is 1. The summed E-state index contributed by atoms with van der Waals surface area (Å²) < 4.78 is 28.4. The van der Waals surface area contributed by atoms with Crippen molar-refractivity contribution in [3.8, 4) is 22.8 Å². The number of amides is 1. The highest BCUT2D eigenvalue weighted by atomic mass is 19.1. The molecule has 0 spiro atoms. The maximum atomic E-state index is 12.9. The summed E-state index contributed by atoms with van der Waals surface area (Å²) in [5.74, 6) is 0.698. The van der Waals surface area contributed by atoms with Crippen LogP contribution in [0.2, 0.25) is 0 Å². The van der Waals surface area contributed by atoms with Crippen molar-refractivity contribution in [3.05, 3.63) is 60.4 Å². The third-order valence-electron chi connectivity index (χ3n) is 3.34. The van der Waals surface area contributed by atoms with Crippen LogP contribution >= 0.6 is 0 Å². The average Bonchev–Trinajstić information content (AvgIpc) is 3.09. The lowest BCUT2D eigenvalue weighted by Gasteiger charge is -2.06. The molecule has 128 valence electrons. The molecule has 2 aromatic carbocycles. The van der Waals surface area contributed by atoms with Gasteiger partial charge in [0.05, 0.1) is 7.11 Å². The highest BCUT2D eigenvalue weighted by molar-refractivity contribution is 5.91. The van der Waals surface area contributed by atoms with Gasteiger partial charge in [0.2, 0.25) is 5.88 Å². The van der Waals surface area contributed by atoms with E-state index in [0.717, 1.165) is 0 Å². The Kier molecular flexibility index (Phi) is 4.94. The topological polar surface area (TPSA) is 73.6 Å². The average molecular weight is 342 g/mol. The summed E-state index contributed by atoms with van der Waals surface area (Å²) in [5.41, 5.74) is 1.17. The first-order valence-electron chi connectivity index (χ1n) is 7.43. The number of aromatic nitrogens is 1. The van der Waals surface area contributed by atoms with Crippen LogP contribution in [0.15, 0.2) is 59.1 Å². The largest absolute Gasteiger partial charge is 0.497 e. The van der Waals surface area contributed by atoms with Gasteiger partial charge in [0, 0.05) is 11.6 Å². The second kappa shape index (κ2) is 7.48. The molecule has 3 rings (SSSR count). The van der Waals surface area contributed by atoms with Gasteiger partial charge in [-0.1, -0.05) is 5.16 Å². The third kappa shape index (κ3) is 4.35. The molecule has 6 nitrogen and oxygen atoms in total. The molecule has 1 aromatic heterocycles. The van der Waals surface area contributed by atoms with Gasteiger partial charge in [-0.25, -0.2) is 4.39 Å². The number of benzene rings is 2. The summed E-state index contributed by atoms with van der Waals surface area (Å²) in [6.07, 6.45) is 0. The van der Waals surface area contributed by atoms with Crippen molar-refractivity contribution in [3.63, 3.8) is 0 Å². The molecule has 0 saturated carbocycles. The molecule has 1 amide bonds. The van der Waals surface area contributed by atoms with Crippen molar-refractivity contribution in [2.45, 2.75) is 0 Å². The van der Waals surface area contributed by atoms with Crippen LogP contribution in [0.3, 0.4) is 0 Å². The standard InChI is InChI=1S/C18H15FN2O4/c1-23-14-6-8-15(9-7-14)24-11-17(22)20-18-10-16(21-25-18)12-2-4-13(19)5-3-12/h2-10H,11H2,1H3,(H,20,22). The zero-order valence-corrected chi connectivity index (χ0v) is 13.4. The Hall–Kier alpha value is -3.35. The van der Waals surface area contributed by atoms with E-state index >= 15 is 0 Å². The fourth-order valence-electron chi connectivity index (χ4n) is 2.09. The molecule has 25 heavy (non-hydrogen) atoms. The van der Waals surface area contributed by atoms with Gasteiger partial charge >= 0.3 is 0 Å². The fourth-order valence-corrected chi connectivity index (χ4v) is 2.09. The van der Waals surface area contributed by atoms with E-state index in [9.17, 15) is 9.18 Å². The Bertz CT molecular complexity index is 844. The Morgan fingerprint density at radius 2 is 1.80 bits per heavy atom. The molecule has 0 unspecified atom stereocenters. The monoisotopic (exact) mass is 342 g/mol. The van der Waals surface area contributed by atoms with Gasteiger partial charge < -0.3 is 14.0 Å². The molecular weight excluding hydrogens is 327 g/mol. The van der Waals surface area contributed by atoms with E-state index in [1.807, 2.05) is 0 Å². The Morgan fingerprint density at radius 3 is 2.48 bits per heavy atom. The second-order valence-corrected chi connectivity index (χ2v) is 5.10.